The molecule has 2 aliphatic rings. The van der Waals surface area contributed by atoms with Gasteiger partial charge in [-0.15, -0.1) is 0 Å². The molecule has 0 spiro atoms. The molecule has 182 valence electrons. The molecular formula is C31H31N3O2. The van der Waals surface area contributed by atoms with Gasteiger partial charge in [0.15, 0.2) is 0 Å². The molecule has 0 radical (unpaired) electrons. The quantitative estimate of drug-likeness (QED) is 0.364. The summed E-state index contributed by atoms with van der Waals surface area (Å²) in [4.78, 5) is 18.8. The minimum Gasteiger partial charge on any atom is -0.457 e. The molecule has 3 atom stereocenters. The summed E-state index contributed by atoms with van der Waals surface area (Å²) in [5.41, 5.74) is 3.85. The number of aromatic nitrogens is 1. The molecule has 2 aliphatic heterocycles. The lowest BCUT2D eigenvalue weighted by atomic mass is 9.84. The molecule has 5 nitrogen and oxygen atoms in total. The number of nitrogens with zero attached hydrogens (tertiary/aromatic N) is 1. The van der Waals surface area contributed by atoms with Crippen molar-refractivity contribution in [3.8, 4) is 11.5 Å². The zero-order chi connectivity index (χ0) is 24.5. The van der Waals surface area contributed by atoms with Crippen molar-refractivity contribution in [3.05, 3.63) is 102 Å². The number of fused-ring (bicyclic) bond motifs is 3. The number of benzene rings is 3. The molecule has 0 bridgehead atoms. The molecule has 4 aromatic rings. The first kappa shape index (κ1) is 22.7. The molecule has 1 amide bonds. The number of hydrogen-bond acceptors (Lipinski definition) is 4. The predicted molar refractivity (Wildman–Crippen MR) is 142 cm³/mol. The number of carbonyl (C=O) groups excluding carboxylic acids is 1. The van der Waals surface area contributed by atoms with Crippen molar-refractivity contribution < 1.29 is 9.53 Å². The number of ether oxygens (including phenoxy) is 1. The van der Waals surface area contributed by atoms with Gasteiger partial charge in [0.2, 0.25) is 5.91 Å². The first-order chi connectivity index (χ1) is 17.7. The van der Waals surface area contributed by atoms with E-state index in [4.69, 9.17) is 4.74 Å². The molecule has 5 heteroatoms. The van der Waals surface area contributed by atoms with E-state index in [9.17, 15) is 4.79 Å². The van der Waals surface area contributed by atoms with E-state index in [0.717, 1.165) is 58.5 Å². The molecule has 2 unspecified atom stereocenters. The van der Waals surface area contributed by atoms with Crippen LogP contribution in [0.1, 0.15) is 54.8 Å². The molecule has 1 saturated heterocycles. The van der Waals surface area contributed by atoms with Crippen molar-refractivity contribution in [2.24, 2.45) is 5.92 Å². The molecule has 36 heavy (non-hydrogen) atoms. The summed E-state index contributed by atoms with van der Waals surface area (Å²) in [6.07, 6.45) is 5.20. The molecule has 0 saturated carbocycles. The fourth-order valence-electron chi connectivity index (χ4n) is 5.78. The first-order valence-corrected chi connectivity index (χ1v) is 13.0. The Morgan fingerprint density at radius 2 is 1.67 bits per heavy atom. The van der Waals surface area contributed by atoms with Gasteiger partial charge >= 0.3 is 0 Å². The van der Waals surface area contributed by atoms with Crippen LogP contribution in [0.3, 0.4) is 0 Å². The van der Waals surface area contributed by atoms with Gasteiger partial charge in [-0.05, 0) is 55.1 Å². The third-order valence-electron chi connectivity index (χ3n) is 7.79. The lowest BCUT2D eigenvalue weighted by Gasteiger charge is -2.37. The highest BCUT2D eigenvalue weighted by Crippen LogP contribution is 2.44. The van der Waals surface area contributed by atoms with Gasteiger partial charge in [-0.2, -0.15) is 0 Å². The van der Waals surface area contributed by atoms with Crippen LogP contribution in [-0.4, -0.2) is 23.5 Å². The molecular weight excluding hydrogens is 446 g/mol. The van der Waals surface area contributed by atoms with E-state index in [1.54, 1.807) is 0 Å². The maximum atomic E-state index is 14.2. The van der Waals surface area contributed by atoms with Gasteiger partial charge in [0.1, 0.15) is 11.5 Å². The van der Waals surface area contributed by atoms with Crippen molar-refractivity contribution in [1.29, 1.82) is 0 Å². The van der Waals surface area contributed by atoms with Gasteiger partial charge < -0.3 is 15.4 Å². The fraction of sp³-hybridized carbons (Fsp3) is 0.290. The Kier molecular flexibility index (Phi) is 6.16. The van der Waals surface area contributed by atoms with E-state index in [2.05, 4.69) is 34.7 Å². The van der Waals surface area contributed by atoms with Crippen LogP contribution >= 0.6 is 0 Å². The van der Waals surface area contributed by atoms with Crippen LogP contribution in [-0.2, 0) is 4.79 Å². The van der Waals surface area contributed by atoms with Crippen molar-refractivity contribution in [2.45, 2.75) is 44.2 Å². The van der Waals surface area contributed by atoms with Crippen LogP contribution in [0.2, 0.25) is 0 Å². The van der Waals surface area contributed by atoms with Crippen LogP contribution in [0.15, 0.2) is 85.1 Å². The number of pyridine rings is 1. The SMILES string of the molecule is CCC1CC[C@H](C(NC(=O)C2c3ccccc3Oc3ccccc32)c2ccnc3ccccc23)NC1. The number of hydrogen-bond donors (Lipinski definition) is 2. The summed E-state index contributed by atoms with van der Waals surface area (Å²) in [7, 11) is 0. The highest BCUT2D eigenvalue weighted by molar-refractivity contribution is 5.91. The molecule has 0 aliphatic carbocycles. The van der Waals surface area contributed by atoms with Gasteiger partial charge in [0.25, 0.3) is 0 Å². The Hall–Kier alpha value is -3.70. The molecule has 1 aromatic heterocycles. The molecule has 1 fully saturated rings. The van der Waals surface area contributed by atoms with Gasteiger partial charge in [-0.3, -0.25) is 9.78 Å². The van der Waals surface area contributed by atoms with Gasteiger partial charge in [-0.25, -0.2) is 0 Å². The van der Waals surface area contributed by atoms with Crippen molar-refractivity contribution in [3.63, 3.8) is 0 Å². The zero-order valence-corrected chi connectivity index (χ0v) is 20.5. The summed E-state index contributed by atoms with van der Waals surface area (Å²) < 4.78 is 6.14. The number of nitrogens with one attached hydrogen (secondary N) is 2. The Balaban J connectivity index is 1.40. The smallest absolute Gasteiger partial charge is 0.232 e. The topological polar surface area (TPSA) is 63.2 Å². The van der Waals surface area contributed by atoms with Crippen LogP contribution in [0.4, 0.5) is 0 Å². The summed E-state index contributed by atoms with van der Waals surface area (Å²) in [6, 6.07) is 25.9. The minimum absolute atomic E-state index is 0.0106. The maximum absolute atomic E-state index is 14.2. The lowest BCUT2D eigenvalue weighted by molar-refractivity contribution is -0.122. The number of piperidine rings is 1. The van der Waals surface area contributed by atoms with Crippen LogP contribution in [0, 0.1) is 5.92 Å². The minimum atomic E-state index is -0.436. The molecule has 6 rings (SSSR count). The third-order valence-corrected chi connectivity index (χ3v) is 7.79. The van der Waals surface area contributed by atoms with Gasteiger partial charge in [-0.1, -0.05) is 67.9 Å². The summed E-state index contributed by atoms with van der Waals surface area (Å²) in [5, 5.41) is 8.35. The van der Waals surface area contributed by atoms with E-state index < -0.39 is 5.92 Å². The maximum Gasteiger partial charge on any atom is 0.232 e. The molecule has 2 N–H and O–H groups in total. The van der Waals surface area contributed by atoms with Crippen molar-refractivity contribution in [1.82, 2.24) is 15.6 Å². The first-order valence-electron chi connectivity index (χ1n) is 13.0. The van der Waals surface area contributed by atoms with E-state index in [1.165, 1.54) is 6.42 Å². The lowest BCUT2D eigenvalue weighted by Crippen LogP contribution is -2.49. The van der Waals surface area contributed by atoms with Crippen LogP contribution < -0.4 is 15.4 Å². The van der Waals surface area contributed by atoms with Gasteiger partial charge in [0, 0.05) is 28.8 Å². The van der Waals surface area contributed by atoms with E-state index >= 15 is 0 Å². The third kappa shape index (κ3) is 4.14. The Bertz CT molecular complexity index is 1340. The fourth-order valence-corrected chi connectivity index (χ4v) is 5.78. The van der Waals surface area contributed by atoms with Crippen LogP contribution in [0.25, 0.3) is 10.9 Å². The van der Waals surface area contributed by atoms with E-state index in [1.807, 2.05) is 72.9 Å². The standard InChI is InChI=1S/C31H31N3O2/c1-2-20-15-16-26(33-19-20)30(22-17-18-32-25-12-6-3-9-21(22)25)34-31(35)29-23-10-4-7-13-27(23)36-28-14-8-5-11-24(28)29/h3-14,17-18,20,26,29-30,33H,2,15-16,19H2,1H3,(H,34,35)/t20?,26-,30?/m1/s1. The second kappa shape index (κ2) is 9.75. The number of rotatable bonds is 5. The Morgan fingerprint density at radius 1 is 0.972 bits per heavy atom. The van der Waals surface area contributed by atoms with Gasteiger partial charge in [0.05, 0.1) is 17.5 Å². The number of carbonyl (C=O) groups is 1. The molecule has 3 aromatic carbocycles. The predicted octanol–water partition coefficient (Wildman–Crippen LogP) is 6.11. The Labute approximate surface area is 211 Å². The van der Waals surface area contributed by atoms with E-state index in [0.29, 0.717) is 5.92 Å². The summed E-state index contributed by atoms with van der Waals surface area (Å²) >= 11 is 0. The normalized spacial score (nSPS) is 20.1. The van der Waals surface area contributed by atoms with Crippen molar-refractivity contribution in [2.75, 3.05) is 6.54 Å². The zero-order valence-electron chi connectivity index (χ0n) is 20.5. The second-order valence-corrected chi connectivity index (χ2v) is 9.88. The monoisotopic (exact) mass is 477 g/mol. The van der Waals surface area contributed by atoms with Crippen molar-refractivity contribution >= 4 is 16.8 Å². The van der Waals surface area contributed by atoms with E-state index in [-0.39, 0.29) is 18.0 Å². The number of para-hydroxylation sites is 3. The average molecular weight is 478 g/mol. The molecule has 3 heterocycles. The summed E-state index contributed by atoms with van der Waals surface area (Å²) in [5.74, 6) is 1.71. The highest BCUT2D eigenvalue weighted by atomic mass is 16.5. The summed E-state index contributed by atoms with van der Waals surface area (Å²) in [6.45, 7) is 3.22. The average Bonchev–Trinajstić information content (AvgIpc) is 2.94. The highest BCUT2D eigenvalue weighted by Gasteiger charge is 2.36. The largest absolute Gasteiger partial charge is 0.457 e. The second-order valence-electron chi connectivity index (χ2n) is 9.88. The number of amides is 1. The van der Waals surface area contributed by atoms with Crippen LogP contribution in [0.5, 0.6) is 11.5 Å². The Morgan fingerprint density at radius 3 is 2.36 bits per heavy atom.